The van der Waals surface area contributed by atoms with E-state index in [2.05, 4.69) is 86.0 Å². The van der Waals surface area contributed by atoms with Crippen molar-refractivity contribution in [3.8, 4) is 33.8 Å². The molecule has 0 radical (unpaired) electrons. The van der Waals surface area contributed by atoms with E-state index in [1.807, 2.05) is 0 Å². The van der Waals surface area contributed by atoms with E-state index in [9.17, 15) is 0 Å². The van der Waals surface area contributed by atoms with Crippen molar-refractivity contribution >= 4 is 10.8 Å². The van der Waals surface area contributed by atoms with Gasteiger partial charge in [0.05, 0.1) is 13.2 Å². The first-order valence-electron chi connectivity index (χ1n) is 17.1. The Kier molecular flexibility index (Phi) is 13.5. The van der Waals surface area contributed by atoms with Gasteiger partial charge in [0.15, 0.2) is 0 Å². The summed E-state index contributed by atoms with van der Waals surface area (Å²) in [5.41, 5.74) is 5.18. The van der Waals surface area contributed by atoms with Gasteiger partial charge in [-0.2, -0.15) is 0 Å². The fourth-order valence-electron chi connectivity index (χ4n) is 6.17. The topological polar surface area (TPSA) is 24.9 Å². The third-order valence-corrected chi connectivity index (χ3v) is 8.65. The second kappa shape index (κ2) is 17.5. The van der Waals surface area contributed by atoms with Gasteiger partial charge in [-0.3, -0.25) is 0 Å². The number of unbranched alkanes of at least 4 members (excludes halogenated alkanes) is 4. The molecule has 42 heavy (non-hydrogen) atoms. The molecule has 4 heteroatoms. The van der Waals surface area contributed by atoms with E-state index in [0.717, 1.165) is 50.6 Å². The van der Waals surface area contributed by atoms with Crippen molar-refractivity contribution in [1.82, 2.24) is 9.80 Å². The van der Waals surface area contributed by atoms with E-state index in [1.54, 1.807) is 0 Å². The van der Waals surface area contributed by atoms with Crippen LogP contribution in [-0.2, 0) is 0 Å². The zero-order valence-corrected chi connectivity index (χ0v) is 27.1. The zero-order valence-electron chi connectivity index (χ0n) is 27.1. The van der Waals surface area contributed by atoms with Gasteiger partial charge >= 0.3 is 0 Å². The predicted molar refractivity (Wildman–Crippen MR) is 181 cm³/mol. The monoisotopic (exact) mass is 572 g/mol. The number of hydrogen-bond donors (Lipinski definition) is 0. The maximum absolute atomic E-state index is 6.42. The van der Waals surface area contributed by atoms with E-state index >= 15 is 0 Å². The molecular formula is C38H56N2O2. The lowest BCUT2D eigenvalue weighted by Crippen LogP contribution is -2.28. The molecule has 0 amide bonds. The molecule has 0 spiro atoms. The van der Waals surface area contributed by atoms with Crippen LogP contribution in [0.25, 0.3) is 33.0 Å². The molecule has 0 saturated heterocycles. The molecule has 4 rings (SSSR count). The molecule has 1 aliphatic carbocycles. The van der Waals surface area contributed by atoms with Gasteiger partial charge in [-0.05, 0) is 105 Å². The molecule has 0 aliphatic heterocycles. The van der Waals surface area contributed by atoms with E-state index in [1.165, 1.54) is 111 Å². The van der Waals surface area contributed by atoms with Gasteiger partial charge < -0.3 is 19.3 Å². The van der Waals surface area contributed by atoms with Gasteiger partial charge in [-0.15, -0.1) is 0 Å². The predicted octanol–water partition coefficient (Wildman–Crippen LogP) is 9.83. The van der Waals surface area contributed by atoms with E-state index in [-0.39, 0.29) is 0 Å². The van der Waals surface area contributed by atoms with Gasteiger partial charge in [-0.25, -0.2) is 0 Å². The van der Waals surface area contributed by atoms with Crippen molar-refractivity contribution in [2.75, 3.05) is 52.5 Å². The van der Waals surface area contributed by atoms with Crippen LogP contribution >= 0.6 is 0 Å². The maximum atomic E-state index is 6.42. The summed E-state index contributed by atoms with van der Waals surface area (Å²) >= 11 is 0. The highest BCUT2D eigenvalue weighted by atomic mass is 16.5. The summed E-state index contributed by atoms with van der Waals surface area (Å²) in [6, 6.07) is 17.7. The Hall–Kier alpha value is -2.56. The van der Waals surface area contributed by atoms with Crippen LogP contribution in [0.15, 0.2) is 48.5 Å². The number of nitrogens with zero attached hydrogens (tertiary/aromatic N) is 2. The summed E-state index contributed by atoms with van der Waals surface area (Å²) in [5, 5.41) is 2.54. The lowest BCUT2D eigenvalue weighted by atomic mass is 10.0. The second-order valence-electron chi connectivity index (χ2n) is 12.0. The van der Waals surface area contributed by atoms with Crippen molar-refractivity contribution in [2.24, 2.45) is 0 Å². The molecule has 0 unspecified atom stereocenters. The summed E-state index contributed by atoms with van der Waals surface area (Å²) in [5.74, 6) is 1.98. The molecule has 3 aromatic rings. The number of fused-ring (bicyclic) bond motifs is 3. The molecule has 0 heterocycles. The minimum Gasteiger partial charge on any atom is -0.494 e. The number of rotatable bonds is 22. The normalized spacial score (nSPS) is 12.0. The highest BCUT2D eigenvalue weighted by Gasteiger charge is 2.23. The van der Waals surface area contributed by atoms with Gasteiger partial charge in [-0.1, -0.05) is 83.7 Å². The Morgan fingerprint density at radius 2 is 1.02 bits per heavy atom. The molecule has 0 N–H and O–H groups in total. The van der Waals surface area contributed by atoms with Crippen LogP contribution < -0.4 is 9.47 Å². The summed E-state index contributed by atoms with van der Waals surface area (Å²) in [4.78, 5) is 5.24. The molecule has 0 saturated carbocycles. The average Bonchev–Trinajstić information content (AvgIpc) is 3.34. The molecule has 3 aromatic carbocycles. The fraction of sp³-hybridized carbons (Fsp3) is 0.579. The Morgan fingerprint density at radius 1 is 0.500 bits per heavy atom. The maximum Gasteiger partial charge on any atom is 0.127 e. The first kappa shape index (κ1) is 32.4. The summed E-state index contributed by atoms with van der Waals surface area (Å²) < 4.78 is 12.7. The van der Waals surface area contributed by atoms with Crippen LogP contribution in [0.1, 0.15) is 91.9 Å². The quantitative estimate of drug-likeness (QED) is 0.0875. The molecular weight excluding hydrogens is 516 g/mol. The van der Waals surface area contributed by atoms with Crippen molar-refractivity contribution in [3.05, 3.63) is 48.5 Å². The summed E-state index contributed by atoms with van der Waals surface area (Å²) in [7, 11) is 0. The molecule has 0 fully saturated rings. The third-order valence-electron chi connectivity index (χ3n) is 8.65. The minimum absolute atomic E-state index is 0.757. The molecule has 1 aliphatic rings. The smallest absolute Gasteiger partial charge is 0.127 e. The lowest BCUT2D eigenvalue weighted by molar-refractivity contribution is 0.229. The Labute approximate surface area is 256 Å². The summed E-state index contributed by atoms with van der Waals surface area (Å²) in [6.07, 6.45) is 12.3. The largest absolute Gasteiger partial charge is 0.494 e. The average molecular weight is 573 g/mol. The van der Waals surface area contributed by atoms with Crippen LogP contribution in [0, 0.1) is 0 Å². The Bertz CT molecular complexity index is 1210. The van der Waals surface area contributed by atoms with E-state index < -0.39 is 0 Å². The molecule has 0 bridgehead atoms. The number of hydrogen-bond acceptors (Lipinski definition) is 4. The van der Waals surface area contributed by atoms with Crippen LogP contribution in [0.4, 0.5) is 0 Å². The lowest BCUT2D eigenvalue weighted by Gasteiger charge is -2.22. The zero-order chi connectivity index (χ0) is 29.6. The van der Waals surface area contributed by atoms with E-state index in [4.69, 9.17) is 9.47 Å². The van der Waals surface area contributed by atoms with Gasteiger partial charge in [0.2, 0.25) is 0 Å². The van der Waals surface area contributed by atoms with Crippen molar-refractivity contribution < 1.29 is 9.47 Å². The highest BCUT2D eigenvalue weighted by molar-refractivity contribution is 6.16. The van der Waals surface area contributed by atoms with Crippen molar-refractivity contribution in [2.45, 2.75) is 91.9 Å². The third kappa shape index (κ3) is 8.74. The number of ether oxygens (including phenoxy) is 2. The first-order valence-corrected chi connectivity index (χ1v) is 17.1. The Morgan fingerprint density at radius 3 is 1.62 bits per heavy atom. The SMILES string of the molecule is CCCCN(CCCC)CCCOc1ccc2c(c1)-c1ccc(OCCCN(CCCC)CCCC)c3cccc-2c13. The standard InChI is InChI=1S/C38H56N2O2/c1-5-9-22-39(23-10-6-2)26-14-28-41-31-18-19-32-33-16-13-17-35-37(21-20-34(38(33)35)36(32)30-31)42-29-15-27-40(24-11-7-3)25-12-8-4/h13,16-21,30H,5-12,14-15,22-29H2,1-4H3. The molecule has 4 nitrogen and oxygen atoms in total. The van der Waals surface area contributed by atoms with Gasteiger partial charge in [0.25, 0.3) is 0 Å². The summed E-state index contributed by atoms with van der Waals surface area (Å²) in [6.45, 7) is 17.7. The van der Waals surface area contributed by atoms with Gasteiger partial charge in [0, 0.05) is 23.9 Å². The minimum atomic E-state index is 0.757. The van der Waals surface area contributed by atoms with Crippen LogP contribution in [0.2, 0.25) is 0 Å². The van der Waals surface area contributed by atoms with Crippen molar-refractivity contribution in [1.29, 1.82) is 0 Å². The van der Waals surface area contributed by atoms with Gasteiger partial charge in [0.1, 0.15) is 11.5 Å². The van der Waals surface area contributed by atoms with Crippen LogP contribution in [0.3, 0.4) is 0 Å². The molecule has 230 valence electrons. The number of benzene rings is 3. The van der Waals surface area contributed by atoms with Crippen molar-refractivity contribution in [3.63, 3.8) is 0 Å². The van der Waals surface area contributed by atoms with E-state index in [0.29, 0.717) is 0 Å². The second-order valence-corrected chi connectivity index (χ2v) is 12.0. The van der Waals surface area contributed by atoms with Crippen LogP contribution in [0.5, 0.6) is 11.5 Å². The fourth-order valence-corrected chi connectivity index (χ4v) is 6.17. The first-order chi connectivity index (χ1) is 20.7. The molecule has 0 aromatic heterocycles. The molecule has 0 atom stereocenters. The highest BCUT2D eigenvalue weighted by Crippen LogP contribution is 2.50. The Balaban J connectivity index is 1.36. The van der Waals surface area contributed by atoms with Crippen LogP contribution in [-0.4, -0.2) is 62.3 Å².